The molecular formula is C11H16N4O2. The van der Waals surface area contributed by atoms with Crippen LogP contribution >= 0.6 is 0 Å². The van der Waals surface area contributed by atoms with E-state index in [9.17, 15) is 0 Å². The van der Waals surface area contributed by atoms with Gasteiger partial charge in [0.1, 0.15) is 0 Å². The van der Waals surface area contributed by atoms with Crippen LogP contribution in [0.1, 0.15) is 31.2 Å². The van der Waals surface area contributed by atoms with Gasteiger partial charge >= 0.3 is 0 Å². The van der Waals surface area contributed by atoms with Crippen molar-refractivity contribution in [1.82, 2.24) is 10.2 Å². The van der Waals surface area contributed by atoms with Gasteiger partial charge in [-0.3, -0.25) is 0 Å². The monoisotopic (exact) mass is 236 g/mol. The fourth-order valence-electron chi connectivity index (χ4n) is 1.78. The van der Waals surface area contributed by atoms with E-state index in [1.54, 1.807) is 6.07 Å². The third kappa shape index (κ3) is 2.83. The largest absolute Gasteiger partial charge is 0.476 e. The van der Waals surface area contributed by atoms with E-state index in [1.807, 2.05) is 0 Å². The summed E-state index contributed by atoms with van der Waals surface area (Å²) < 4.78 is 5.52. The molecule has 1 saturated carbocycles. The van der Waals surface area contributed by atoms with Crippen LogP contribution in [0.25, 0.3) is 0 Å². The lowest BCUT2D eigenvalue weighted by Gasteiger charge is -2.24. The average molecular weight is 236 g/mol. The molecule has 3 N–H and O–H groups in total. The molecule has 1 fully saturated rings. The van der Waals surface area contributed by atoms with Gasteiger partial charge in [-0.05, 0) is 18.4 Å². The first-order valence-electron chi connectivity index (χ1n) is 5.73. The number of hydrogen-bond acceptors (Lipinski definition) is 5. The summed E-state index contributed by atoms with van der Waals surface area (Å²) in [6.45, 7) is 0.592. The molecule has 0 atom stereocenters. The Balaban J connectivity index is 1.94. The lowest BCUT2D eigenvalue weighted by molar-refractivity contribution is 0.215. The minimum atomic E-state index is -0.0152. The van der Waals surface area contributed by atoms with Gasteiger partial charge in [-0.1, -0.05) is 24.4 Å². The van der Waals surface area contributed by atoms with Crippen molar-refractivity contribution in [2.24, 2.45) is 16.8 Å². The summed E-state index contributed by atoms with van der Waals surface area (Å²) in [5.41, 5.74) is 5.98. The zero-order valence-electron chi connectivity index (χ0n) is 9.54. The van der Waals surface area contributed by atoms with Gasteiger partial charge in [0.15, 0.2) is 5.84 Å². The first-order chi connectivity index (χ1) is 8.31. The van der Waals surface area contributed by atoms with Gasteiger partial charge < -0.3 is 15.7 Å². The topological polar surface area (TPSA) is 93.6 Å². The number of hydrogen-bond donors (Lipinski definition) is 2. The average Bonchev–Trinajstić information content (AvgIpc) is 2.32. The second-order valence-electron chi connectivity index (χ2n) is 4.17. The lowest BCUT2D eigenvalue weighted by atomic mass is 9.83. The Morgan fingerprint density at radius 2 is 2.41 bits per heavy atom. The minimum Gasteiger partial charge on any atom is -0.476 e. The highest BCUT2D eigenvalue weighted by Crippen LogP contribution is 2.29. The maximum Gasteiger partial charge on any atom is 0.244 e. The molecule has 0 unspecified atom stereocenters. The van der Waals surface area contributed by atoms with E-state index in [4.69, 9.17) is 15.7 Å². The number of ether oxygens (including phenoxy) is 1. The molecule has 1 aromatic rings. The van der Waals surface area contributed by atoms with Crippen molar-refractivity contribution in [1.29, 1.82) is 0 Å². The molecule has 2 rings (SSSR count). The Morgan fingerprint density at radius 1 is 1.59 bits per heavy atom. The minimum absolute atomic E-state index is 0.0152. The SMILES string of the molecule is N/C(=N/O)c1ccnnc1OCCC1CCC1. The summed E-state index contributed by atoms with van der Waals surface area (Å²) in [4.78, 5) is 0. The van der Waals surface area contributed by atoms with Crippen molar-refractivity contribution < 1.29 is 9.94 Å². The van der Waals surface area contributed by atoms with E-state index in [0.717, 1.165) is 12.3 Å². The van der Waals surface area contributed by atoms with E-state index in [-0.39, 0.29) is 5.84 Å². The van der Waals surface area contributed by atoms with Crippen molar-refractivity contribution in [2.75, 3.05) is 6.61 Å². The van der Waals surface area contributed by atoms with Gasteiger partial charge in [0.05, 0.1) is 18.4 Å². The van der Waals surface area contributed by atoms with Crippen LogP contribution in [-0.4, -0.2) is 27.8 Å². The Hall–Kier alpha value is -1.85. The van der Waals surface area contributed by atoms with Crippen LogP contribution in [0.3, 0.4) is 0 Å². The van der Waals surface area contributed by atoms with E-state index in [0.29, 0.717) is 18.1 Å². The van der Waals surface area contributed by atoms with Gasteiger partial charge in [0, 0.05) is 0 Å². The molecule has 1 aliphatic carbocycles. The van der Waals surface area contributed by atoms with Crippen molar-refractivity contribution in [3.63, 3.8) is 0 Å². The Kier molecular flexibility index (Phi) is 3.74. The summed E-state index contributed by atoms with van der Waals surface area (Å²) in [6.07, 6.45) is 6.40. The molecule has 0 spiro atoms. The fourth-order valence-corrected chi connectivity index (χ4v) is 1.78. The van der Waals surface area contributed by atoms with Crippen molar-refractivity contribution in [2.45, 2.75) is 25.7 Å². The second kappa shape index (κ2) is 5.47. The molecule has 1 aliphatic rings. The number of nitrogens with two attached hydrogens (primary N) is 1. The highest BCUT2D eigenvalue weighted by molar-refractivity contribution is 5.98. The molecule has 0 bridgehead atoms. The predicted molar refractivity (Wildman–Crippen MR) is 62.0 cm³/mol. The molecule has 92 valence electrons. The van der Waals surface area contributed by atoms with E-state index in [1.165, 1.54) is 25.5 Å². The molecule has 0 amide bonds. The number of rotatable bonds is 5. The standard InChI is InChI=1S/C11H16N4O2/c12-10(15-16)9-4-6-13-14-11(9)17-7-5-8-2-1-3-8/h4,6,8,16H,1-3,5,7H2,(H2,12,15). The maximum absolute atomic E-state index is 8.63. The molecule has 6 nitrogen and oxygen atoms in total. The number of oxime groups is 1. The highest BCUT2D eigenvalue weighted by atomic mass is 16.5. The first-order valence-corrected chi connectivity index (χ1v) is 5.73. The summed E-state index contributed by atoms with van der Waals surface area (Å²) in [6, 6.07) is 1.61. The molecule has 1 aromatic heterocycles. The summed E-state index contributed by atoms with van der Waals surface area (Å²) in [5, 5.41) is 19.1. The maximum atomic E-state index is 8.63. The van der Waals surface area contributed by atoms with E-state index < -0.39 is 0 Å². The van der Waals surface area contributed by atoms with Crippen molar-refractivity contribution in [3.05, 3.63) is 17.8 Å². The van der Waals surface area contributed by atoms with Crippen LogP contribution in [0.2, 0.25) is 0 Å². The Labute approximate surface area is 99.5 Å². The summed E-state index contributed by atoms with van der Waals surface area (Å²) in [5.74, 6) is 1.08. The van der Waals surface area contributed by atoms with Crippen molar-refractivity contribution >= 4 is 5.84 Å². The number of nitrogens with zero attached hydrogens (tertiary/aromatic N) is 3. The Bertz CT molecular complexity index is 404. The van der Waals surface area contributed by atoms with Crippen LogP contribution < -0.4 is 10.5 Å². The lowest BCUT2D eigenvalue weighted by Crippen LogP contribution is -2.18. The van der Waals surface area contributed by atoms with Crippen LogP contribution in [-0.2, 0) is 0 Å². The van der Waals surface area contributed by atoms with Crippen LogP contribution in [0, 0.1) is 5.92 Å². The fraction of sp³-hybridized carbons (Fsp3) is 0.545. The quantitative estimate of drug-likeness (QED) is 0.346. The van der Waals surface area contributed by atoms with Crippen LogP contribution in [0.15, 0.2) is 17.4 Å². The molecular weight excluding hydrogens is 220 g/mol. The highest BCUT2D eigenvalue weighted by Gasteiger charge is 2.17. The molecule has 17 heavy (non-hydrogen) atoms. The van der Waals surface area contributed by atoms with Crippen LogP contribution in [0.4, 0.5) is 0 Å². The zero-order chi connectivity index (χ0) is 12.1. The third-order valence-corrected chi connectivity index (χ3v) is 3.06. The molecule has 6 heteroatoms. The summed E-state index contributed by atoms with van der Waals surface area (Å²) >= 11 is 0. The molecule has 0 saturated heterocycles. The predicted octanol–water partition coefficient (Wildman–Crippen LogP) is 1.14. The van der Waals surface area contributed by atoms with Crippen molar-refractivity contribution in [3.8, 4) is 5.88 Å². The van der Waals surface area contributed by atoms with Gasteiger partial charge in [0.2, 0.25) is 5.88 Å². The molecule has 0 aliphatic heterocycles. The van der Waals surface area contributed by atoms with E-state index >= 15 is 0 Å². The zero-order valence-corrected chi connectivity index (χ0v) is 9.54. The van der Waals surface area contributed by atoms with Gasteiger partial charge in [-0.15, -0.1) is 5.10 Å². The Morgan fingerprint density at radius 3 is 3.06 bits per heavy atom. The van der Waals surface area contributed by atoms with Gasteiger partial charge in [0.25, 0.3) is 0 Å². The molecule has 0 aromatic carbocycles. The second-order valence-corrected chi connectivity index (χ2v) is 4.17. The van der Waals surface area contributed by atoms with Gasteiger partial charge in [-0.25, -0.2) is 0 Å². The first kappa shape index (κ1) is 11.6. The molecule has 1 heterocycles. The van der Waals surface area contributed by atoms with Crippen LogP contribution in [0.5, 0.6) is 5.88 Å². The normalized spacial score (nSPS) is 16.6. The number of aromatic nitrogens is 2. The smallest absolute Gasteiger partial charge is 0.244 e. The van der Waals surface area contributed by atoms with Gasteiger partial charge in [-0.2, -0.15) is 5.10 Å². The number of amidine groups is 1. The summed E-state index contributed by atoms with van der Waals surface area (Å²) in [7, 11) is 0. The van der Waals surface area contributed by atoms with E-state index in [2.05, 4.69) is 15.4 Å². The molecule has 0 radical (unpaired) electrons. The third-order valence-electron chi connectivity index (χ3n) is 3.06.